The molecular weight excluding hydrogens is 312 g/mol. The van der Waals surface area contributed by atoms with Gasteiger partial charge in [0, 0.05) is 0 Å². The van der Waals surface area contributed by atoms with Crippen LogP contribution in [-0.2, 0) is 12.3 Å². The van der Waals surface area contributed by atoms with Crippen LogP contribution in [0.25, 0.3) is 0 Å². The minimum atomic E-state index is -2.70. The van der Waals surface area contributed by atoms with Gasteiger partial charge in [0.15, 0.2) is 0 Å². The van der Waals surface area contributed by atoms with Gasteiger partial charge in [0.1, 0.15) is 0 Å². The predicted molar refractivity (Wildman–Crippen MR) is 95.8 cm³/mol. The summed E-state index contributed by atoms with van der Waals surface area (Å²) < 4.78 is 19.1. The van der Waals surface area contributed by atoms with E-state index in [1.807, 2.05) is 25.2 Å². The van der Waals surface area contributed by atoms with Gasteiger partial charge in [0.05, 0.1) is 0 Å². The van der Waals surface area contributed by atoms with E-state index in [2.05, 4.69) is 46.2 Å². The van der Waals surface area contributed by atoms with E-state index in [1.165, 1.54) is 5.57 Å². The van der Waals surface area contributed by atoms with Gasteiger partial charge in [0.2, 0.25) is 0 Å². The Morgan fingerprint density at radius 1 is 0.905 bits per heavy atom. The Labute approximate surface area is 132 Å². The Hall–Kier alpha value is -0.769. The number of allylic oxidation sites excluding steroid dienone is 3. The highest BCUT2D eigenvalue weighted by Crippen LogP contribution is 2.37. The van der Waals surface area contributed by atoms with E-state index >= 15 is 0 Å². The Bertz CT molecular complexity index is 500. The molecule has 1 aliphatic heterocycles. The Kier molecular flexibility index (Phi) is 5.70. The minimum absolute atomic E-state index is 1.16. The summed E-state index contributed by atoms with van der Waals surface area (Å²) >= 11 is 0. The second-order valence-electron chi connectivity index (χ2n) is 5.45. The molecule has 0 radical (unpaired) electrons. The SMILES string of the molecule is C=C[Si]1(C)O[Si](C=C)(C=C)O[Si](C=CC)(C(C)=C(C)C)O1. The van der Waals surface area contributed by atoms with Crippen molar-refractivity contribution in [2.75, 3.05) is 0 Å². The summed E-state index contributed by atoms with van der Waals surface area (Å²) in [6.07, 6.45) is 1.99. The van der Waals surface area contributed by atoms with Gasteiger partial charge < -0.3 is 12.3 Å². The van der Waals surface area contributed by atoms with Gasteiger partial charge in [-0.25, -0.2) is 0 Å². The first kappa shape index (κ1) is 18.3. The first-order valence-electron chi connectivity index (χ1n) is 7.01. The zero-order valence-electron chi connectivity index (χ0n) is 13.7. The molecule has 0 saturated carbocycles. The number of hydrogen-bond donors (Lipinski definition) is 0. The van der Waals surface area contributed by atoms with Crippen LogP contribution in [0, 0.1) is 0 Å². The fraction of sp³-hybridized carbons (Fsp3) is 0.333. The molecule has 1 fully saturated rings. The van der Waals surface area contributed by atoms with Gasteiger partial charge in [-0.1, -0.05) is 17.3 Å². The van der Waals surface area contributed by atoms with Gasteiger partial charge in [-0.05, 0) is 56.5 Å². The zero-order valence-corrected chi connectivity index (χ0v) is 16.7. The highest BCUT2D eigenvalue weighted by atomic mass is 28.5. The van der Waals surface area contributed by atoms with Crippen molar-refractivity contribution in [2.45, 2.75) is 34.2 Å². The Morgan fingerprint density at radius 2 is 1.48 bits per heavy atom. The molecule has 0 spiro atoms. The third-order valence-electron chi connectivity index (χ3n) is 3.63. The van der Waals surface area contributed by atoms with Crippen molar-refractivity contribution in [1.29, 1.82) is 0 Å². The highest BCUT2D eigenvalue weighted by Gasteiger charge is 2.58. The van der Waals surface area contributed by atoms with Crippen LogP contribution in [0.3, 0.4) is 0 Å². The lowest BCUT2D eigenvalue weighted by Gasteiger charge is -2.49. The largest absolute Gasteiger partial charge is 0.406 e. The lowest BCUT2D eigenvalue weighted by molar-refractivity contribution is 0.255. The van der Waals surface area contributed by atoms with Crippen LogP contribution in [0.15, 0.2) is 59.4 Å². The van der Waals surface area contributed by atoms with Crippen molar-refractivity contribution in [3.63, 3.8) is 0 Å². The maximum atomic E-state index is 6.46. The lowest BCUT2D eigenvalue weighted by Crippen LogP contribution is -2.68. The summed E-state index contributed by atoms with van der Waals surface area (Å²) in [7, 11) is -7.93. The molecule has 0 aromatic carbocycles. The van der Waals surface area contributed by atoms with Gasteiger partial charge in [0.25, 0.3) is 0 Å². The fourth-order valence-corrected chi connectivity index (χ4v) is 15.9. The van der Waals surface area contributed by atoms with Crippen LogP contribution in [0.5, 0.6) is 0 Å². The summed E-state index contributed by atoms with van der Waals surface area (Å²) in [4.78, 5) is 0. The molecule has 3 nitrogen and oxygen atoms in total. The van der Waals surface area contributed by atoms with Gasteiger partial charge in [-0.2, -0.15) is 0 Å². The first-order valence-corrected chi connectivity index (χ1v) is 13.3. The molecule has 0 aromatic rings. The van der Waals surface area contributed by atoms with E-state index in [1.54, 1.807) is 11.4 Å². The van der Waals surface area contributed by atoms with E-state index in [4.69, 9.17) is 12.3 Å². The van der Waals surface area contributed by atoms with Crippen LogP contribution in [0.4, 0.5) is 0 Å². The molecule has 2 atom stereocenters. The monoisotopic (exact) mass is 338 g/mol. The molecular formula is C15H26O3Si3. The van der Waals surface area contributed by atoms with E-state index < -0.39 is 25.7 Å². The number of hydrogen-bond acceptors (Lipinski definition) is 3. The summed E-state index contributed by atoms with van der Waals surface area (Å²) in [6, 6.07) is 0. The smallest absolute Gasteiger partial charge is 0.377 e. The average Bonchev–Trinajstić information content (AvgIpc) is 2.46. The molecule has 0 amide bonds. The molecule has 0 aromatic heterocycles. The third kappa shape index (κ3) is 3.53. The highest BCUT2D eigenvalue weighted by molar-refractivity contribution is 7.02. The van der Waals surface area contributed by atoms with E-state index in [-0.39, 0.29) is 0 Å². The van der Waals surface area contributed by atoms with E-state index in [9.17, 15) is 0 Å². The molecule has 116 valence electrons. The lowest BCUT2D eigenvalue weighted by atomic mass is 10.3. The zero-order chi connectivity index (χ0) is 16.3. The maximum absolute atomic E-state index is 6.46. The van der Waals surface area contributed by atoms with Gasteiger partial charge >= 0.3 is 25.7 Å². The summed E-state index contributed by atoms with van der Waals surface area (Å²) in [6.45, 7) is 21.9. The average molecular weight is 339 g/mol. The second-order valence-corrected chi connectivity index (χ2v) is 15.0. The van der Waals surface area contributed by atoms with E-state index in [0.717, 1.165) is 5.20 Å². The quantitative estimate of drug-likeness (QED) is 0.703. The predicted octanol–water partition coefficient (Wildman–Crippen LogP) is 4.19. The van der Waals surface area contributed by atoms with Crippen molar-refractivity contribution in [3.8, 4) is 0 Å². The van der Waals surface area contributed by atoms with Crippen LogP contribution in [-0.4, -0.2) is 25.7 Å². The van der Waals surface area contributed by atoms with Crippen molar-refractivity contribution in [3.05, 3.63) is 59.4 Å². The standard InChI is InChI=1S/C15H26O3Si3/c1-9-13-21(15(7)14(5)6)17-19(8,10-2)16-20(11-3,12-4)18-21/h9-13H,2-4H2,1,5-8H3. The minimum Gasteiger partial charge on any atom is -0.406 e. The van der Waals surface area contributed by atoms with Crippen LogP contribution in [0.2, 0.25) is 6.55 Å². The Balaban J connectivity index is 3.56. The van der Waals surface area contributed by atoms with Gasteiger partial charge in [-0.15, -0.1) is 19.7 Å². The topological polar surface area (TPSA) is 27.7 Å². The molecule has 1 heterocycles. The van der Waals surface area contributed by atoms with Crippen LogP contribution >= 0.6 is 0 Å². The fourth-order valence-electron chi connectivity index (χ4n) is 2.16. The Morgan fingerprint density at radius 3 is 1.86 bits per heavy atom. The second kappa shape index (κ2) is 6.55. The third-order valence-corrected chi connectivity index (χ3v) is 16.0. The molecule has 2 unspecified atom stereocenters. The summed E-state index contributed by atoms with van der Waals surface area (Å²) in [5.41, 5.74) is 8.65. The van der Waals surface area contributed by atoms with Crippen molar-refractivity contribution in [2.24, 2.45) is 0 Å². The van der Waals surface area contributed by atoms with Gasteiger partial charge in [-0.3, -0.25) is 0 Å². The maximum Gasteiger partial charge on any atom is 0.377 e. The van der Waals surface area contributed by atoms with Crippen molar-refractivity contribution < 1.29 is 12.3 Å². The molecule has 0 N–H and O–H groups in total. The molecule has 21 heavy (non-hydrogen) atoms. The van der Waals surface area contributed by atoms with Crippen LogP contribution in [0.1, 0.15) is 27.7 Å². The molecule has 1 aliphatic rings. The van der Waals surface area contributed by atoms with Crippen molar-refractivity contribution >= 4 is 25.7 Å². The van der Waals surface area contributed by atoms with Crippen molar-refractivity contribution in [1.82, 2.24) is 0 Å². The number of rotatable bonds is 5. The van der Waals surface area contributed by atoms with E-state index in [0.29, 0.717) is 0 Å². The molecule has 6 heteroatoms. The first-order chi connectivity index (χ1) is 9.72. The molecule has 0 aliphatic carbocycles. The molecule has 1 rings (SSSR count). The molecule has 1 saturated heterocycles. The van der Waals surface area contributed by atoms with Crippen LogP contribution < -0.4 is 0 Å². The summed E-state index contributed by atoms with van der Waals surface area (Å²) in [5, 5.41) is 1.16. The molecule has 0 bridgehead atoms. The normalized spacial score (nSPS) is 31.7. The summed E-state index contributed by atoms with van der Waals surface area (Å²) in [5.74, 6) is 0.